The third-order valence-electron chi connectivity index (χ3n) is 2.89. The molecule has 0 bridgehead atoms. The number of nitrogens with two attached hydrogens (primary N) is 1. The van der Waals surface area contributed by atoms with E-state index in [0.717, 1.165) is 0 Å². The molecule has 0 saturated carbocycles. The molecule has 0 unspecified atom stereocenters. The molecule has 0 radical (unpaired) electrons. The molecule has 0 fully saturated rings. The van der Waals surface area contributed by atoms with Gasteiger partial charge in [-0.15, -0.1) is 0 Å². The SMILES string of the molecule is CCn1nc(C)c(N)c1C(=O)Nc1ccc(OC)nc1. The maximum atomic E-state index is 12.3. The first-order valence-electron chi connectivity index (χ1n) is 6.21. The minimum atomic E-state index is -0.308. The van der Waals surface area contributed by atoms with E-state index in [1.165, 1.54) is 13.3 Å². The maximum absolute atomic E-state index is 12.3. The second-order valence-electron chi connectivity index (χ2n) is 4.21. The van der Waals surface area contributed by atoms with Gasteiger partial charge in [-0.25, -0.2) is 4.98 Å². The molecule has 2 aromatic heterocycles. The van der Waals surface area contributed by atoms with E-state index in [1.807, 2.05) is 6.92 Å². The number of nitrogens with zero attached hydrogens (tertiary/aromatic N) is 3. The Hall–Kier alpha value is -2.57. The lowest BCUT2D eigenvalue weighted by Gasteiger charge is -2.07. The summed E-state index contributed by atoms with van der Waals surface area (Å²) in [4.78, 5) is 16.3. The van der Waals surface area contributed by atoms with E-state index >= 15 is 0 Å². The molecule has 7 heteroatoms. The zero-order chi connectivity index (χ0) is 14.7. The quantitative estimate of drug-likeness (QED) is 0.880. The number of anilines is 2. The predicted molar refractivity (Wildman–Crippen MR) is 75.8 cm³/mol. The summed E-state index contributed by atoms with van der Waals surface area (Å²) in [6.07, 6.45) is 1.52. The molecule has 0 atom stereocenters. The average molecular weight is 275 g/mol. The van der Waals surface area contributed by atoms with Crippen LogP contribution in [0.4, 0.5) is 11.4 Å². The van der Waals surface area contributed by atoms with Gasteiger partial charge in [0.05, 0.1) is 30.4 Å². The fourth-order valence-electron chi connectivity index (χ4n) is 1.83. The Morgan fingerprint density at radius 1 is 1.50 bits per heavy atom. The highest BCUT2D eigenvalue weighted by molar-refractivity contribution is 6.06. The van der Waals surface area contributed by atoms with E-state index in [4.69, 9.17) is 10.5 Å². The number of ether oxygens (including phenoxy) is 1. The summed E-state index contributed by atoms with van der Waals surface area (Å²) >= 11 is 0. The van der Waals surface area contributed by atoms with Crippen molar-refractivity contribution in [2.75, 3.05) is 18.2 Å². The Morgan fingerprint density at radius 3 is 2.80 bits per heavy atom. The number of aromatic nitrogens is 3. The van der Waals surface area contributed by atoms with Crippen molar-refractivity contribution < 1.29 is 9.53 Å². The molecule has 0 aliphatic heterocycles. The Kier molecular flexibility index (Phi) is 3.88. The van der Waals surface area contributed by atoms with E-state index < -0.39 is 0 Å². The van der Waals surface area contributed by atoms with E-state index in [1.54, 1.807) is 23.7 Å². The van der Waals surface area contributed by atoms with Crippen LogP contribution in [-0.2, 0) is 6.54 Å². The molecule has 0 aliphatic carbocycles. The lowest BCUT2D eigenvalue weighted by Crippen LogP contribution is -2.18. The number of pyridine rings is 1. The molecule has 2 aromatic rings. The molecule has 0 spiro atoms. The number of methoxy groups -OCH3 is 1. The molecule has 2 rings (SSSR count). The lowest BCUT2D eigenvalue weighted by atomic mass is 10.3. The van der Waals surface area contributed by atoms with Crippen LogP contribution in [-0.4, -0.2) is 27.8 Å². The van der Waals surface area contributed by atoms with Gasteiger partial charge in [0.25, 0.3) is 5.91 Å². The Bertz CT molecular complexity index is 618. The van der Waals surface area contributed by atoms with Crippen LogP contribution in [0.3, 0.4) is 0 Å². The number of carbonyl (C=O) groups excluding carboxylic acids is 1. The summed E-state index contributed by atoms with van der Waals surface area (Å²) in [5.74, 6) is 0.175. The highest BCUT2D eigenvalue weighted by Crippen LogP contribution is 2.18. The number of carbonyl (C=O) groups is 1. The van der Waals surface area contributed by atoms with Crippen molar-refractivity contribution in [3.05, 3.63) is 29.7 Å². The second-order valence-corrected chi connectivity index (χ2v) is 4.21. The molecule has 3 N–H and O–H groups in total. The Balaban J connectivity index is 2.23. The first-order chi connectivity index (χ1) is 9.56. The Morgan fingerprint density at radius 2 is 2.25 bits per heavy atom. The van der Waals surface area contributed by atoms with Crippen molar-refractivity contribution in [2.45, 2.75) is 20.4 Å². The smallest absolute Gasteiger partial charge is 0.276 e. The van der Waals surface area contributed by atoms with Crippen LogP contribution in [0.15, 0.2) is 18.3 Å². The topological polar surface area (TPSA) is 95.1 Å². The molecule has 2 heterocycles. The first-order valence-corrected chi connectivity index (χ1v) is 6.21. The molecule has 0 saturated heterocycles. The third kappa shape index (κ3) is 2.56. The van der Waals surface area contributed by atoms with Gasteiger partial charge in [0.1, 0.15) is 5.69 Å². The van der Waals surface area contributed by atoms with Gasteiger partial charge in [-0.1, -0.05) is 0 Å². The zero-order valence-corrected chi connectivity index (χ0v) is 11.7. The summed E-state index contributed by atoms with van der Waals surface area (Å²) in [6, 6.07) is 3.38. The van der Waals surface area contributed by atoms with Crippen molar-refractivity contribution in [3.8, 4) is 5.88 Å². The van der Waals surface area contributed by atoms with Gasteiger partial charge in [0.2, 0.25) is 5.88 Å². The van der Waals surface area contributed by atoms with E-state index in [0.29, 0.717) is 35.2 Å². The van der Waals surface area contributed by atoms with Crippen LogP contribution in [0.2, 0.25) is 0 Å². The van der Waals surface area contributed by atoms with Crippen LogP contribution in [0.5, 0.6) is 5.88 Å². The number of amides is 1. The number of nitrogen functional groups attached to an aromatic ring is 1. The normalized spacial score (nSPS) is 10.3. The van der Waals surface area contributed by atoms with Gasteiger partial charge in [0.15, 0.2) is 0 Å². The van der Waals surface area contributed by atoms with E-state index in [2.05, 4.69) is 15.4 Å². The number of nitrogens with one attached hydrogen (secondary N) is 1. The van der Waals surface area contributed by atoms with Crippen molar-refractivity contribution in [1.82, 2.24) is 14.8 Å². The summed E-state index contributed by atoms with van der Waals surface area (Å²) < 4.78 is 6.54. The van der Waals surface area contributed by atoms with Crippen LogP contribution >= 0.6 is 0 Å². The predicted octanol–water partition coefficient (Wildman–Crippen LogP) is 1.45. The number of hydrogen-bond donors (Lipinski definition) is 2. The molecule has 20 heavy (non-hydrogen) atoms. The van der Waals surface area contributed by atoms with E-state index in [-0.39, 0.29) is 5.91 Å². The molecule has 106 valence electrons. The number of hydrogen-bond acceptors (Lipinski definition) is 5. The van der Waals surface area contributed by atoms with Gasteiger partial charge < -0.3 is 15.8 Å². The van der Waals surface area contributed by atoms with Crippen molar-refractivity contribution in [1.29, 1.82) is 0 Å². The minimum absolute atomic E-state index is 0.308. The van der Waals surface area contributed by atoms with Crippen molar-refractivity contribution in [3.63, 3.8) is 0 Å². The van der Waals surface area contributed by atoms with Crippen molar-refractivity contribution >= 4 is 17.3 Å². The molecule has 7 nitrogen and oxygen atoms in total. The minimum Gasteiger partial charge on any atom is -0.481 e. The molecule has 0 aromatic carbocycles. The van der Waals surface area contributed by atoms with Crippen LogP contribution in [0.1, 0.15) is 23.1 Å². The summed E-state index contributed by atoms with van der Waals surface area (Å²) in [5.41, 5.74) is 7.87. The van der Waals surface area contributed by atoms with E-state index in [9.17, 15) is 4.79 Å². The Labute approximate surface area is 116 Å². The summed E-state index contributed by atoms with van der Waals surface area (Å²) in [7, 11) is 1.53. The standard InChI is InChI=1S/C13H17N5O2/c1-4-18-12(11(14)8(2)17-18)13(19)16-9-5-6-10(20-3)15-7-9/h5-7H,4,14H2,1-3H3,(H,16,19). The molecule has 0 aliphatic rings. The van der Waals surface area contributed by atoms with Gasteiger partial charge in [0, 0.05) is 12.6 Å². The lowest BCUT2D eigenvalue weighted by molar-refractivity contribution is 0.101. The number of rotatable bonds is 4. The summed E-state index contributed by atoms with van der Waals surface area (Å²) in [5, 5.41) is 6.95. The van der Waals surface area contributed by atoms with Gasteiger partial charge in [-0.05, 0) is 19.9 Å². The summed E-state index contributed by atoms with van der Waals surface area (Å²) in [6.45, 7) is 4.24. The molecular weight excluding hydrogens is 258 g/mol. The largest absolute Gasteiger partial charge is 0.481 e. The highest BCUT2D eigenvalue weighted by atomic mass is 16.5. The number of aryl methyl sites for hydroxylation is 2. The fourth-order valence-corrected chi connectivity index (χ4v) is 1.83. The average Bonchev–Trinajstić information content (AvgIpc) is 2.75. The maximum Gasteiger partial charge on any atom is 0.276 e. The van der Waals surface area contributed by atoms with Crippen LogP contribution < -0.4 is 15.8 Å². The van der Waals surface area contributed by atoms with Crippen LogP contribution in [0.25, 0.3) is 0 Å². The second kappa shape index (κ2) is 5.60. The van der Waals surface area contributed by atoms with Crippen molar-refractivity contribution in [2.24, 2.45) is 0 Å². The molecule has 1 amide bonds. The fraction of sp³-hybridized carbons (Fsp3) is 0.308. The van der Waals surface area contributed by atoms with Crippen LogP contribution in [0, 0.1) is 6.92 Å². The van der Waals surface area contributed by atoms with Gasteiger partial charge in [-0.3, -0.25) is 9.48 Å². The monoisotopic (exact) mass is 275 g/mol. The third-order valence-corrected chi connectivity index (χ3v) is 2.89. The highest BCUT2D eigenvalue weighted by Gasteiger charge is 2.19. The molecular formula is C13H17N5O2. The van der Waals surface area contributed by atoms with Gasteiger partial charge in [-0.2, -0.15) is 5.10 Å². The van der Waals surface area contributed by atoms with Gasteiger partial charge >= 0.3 is 0 Å². The first kappa shape index (κ1) is 13.9. The zero-order valence-electron chi connectivity index (χ0n) is 11.7.